The van der Waals surface area contributed by atoms with Crippen LogP contribution in [-0.2, 0) is 19.1 Å². The van der Waals surface area contributed by atoms with Gasteiger partial charge in [-0.25, -0.2) is 0 Å². The van der Waals surface area contributed by atoms with Gasteiger partial charge in [0.2, 0.25) is 0 Å². The summed E-state index contributed by atoms with van der Waals surface area (Å²) in [6.07, 6.45) is 9.58. The number of carbonyl (C=O) groups excluding carboxylic acids is 2. The van der Waals surface area contributed by atoms with Crippen LogP contribution in [0.25, 0.3) is 0 Å². The van der Waals surface area contributed by atoms with Crippen molar-refractivity contribution in [3.05, 3.63) is 23.7 Å². The molecule has 0 amide bonds. The van der Waals surface area contributed by atoms with Gasteiger partial charge in [0.1, 0.15) is 11.5 Å². The molecular weight excluding hydrogens is 244 g/mol. The second kappa shape index (κ2) is 6.55. The van der Waals surface area contributed by atoms with Crippen molar-refractivity contribution < 1.29 is 19.1 Å². The minimum absolute atomic E-state index is 0.0729. The molecule has 1 atom stereocenters. The molecule has 19 heavy (non-hydrogen) atoms. The number of rotatable bonds is 5. The van der Waals surface area contributed by atoms with E-state index >= 15 is 0 Å². The molecule has 0 spiro atoms. The first-order valence-electron chi connectivity index (χ1n) is 6.95. The molecule has 0 aromatic carbocycles. The lowest BCUT2D eigenvalue weighted by Gasteiger charge is -2.11. The van der Waals surface area contributed by atoms with Crippen LogP contribution in [0.15, 0.2) is 23.7 Å². The van der Waals surface area contributed by atoms with Crippen molar-refractivity contribution in [1.82, 2.24) is 0 Å². The van der Waals surface area contributed by atoms with Gasteiger partial charge < -0.3 is 9.47 Å². The maximum absolute atomic E-state index is 11.8. The molecule has 2 rings (SSSR count). The Kier molecular flexibility index (Phi) is 4.77. The maximum Gasteiger partial charge on any atom is 0.314 e. The van der Waals surface area contributed by atoms with Crippen LogP contribution in [0.4, 0.5) is 0 Å². The fraction of sp³-hybridized carbons (Fsp3) is 0.600. The van der Waals surface area contributed by atoms with Crippen molar-refractivity contribution >= 4 is 11.9 Å². The molecule has 4 heteroatoms. The fourth-order valence-corrected chi connectivity index (χ4v) is 2.22. The predicted molar refractivity (Wildman–Crippen MR) is 69.8 cm³/mol. The fourth-order valence-electron chi connectivity index (χ4n) is 2.22. The summed E-state index contributed by atoms with van der Waals surface area (Å²) in [7, 11) is 0. The highest BCUT2D eigenvalue weighted by Gasteiger charge is 2.22. The summed E-state index contributed by atoms with van der Waals surface area (Å²) in [4.78, 5) is 23.5. The summed E-state index contributed by atoms with van der Waals surface area (Å²) in [6, 6.07) is 0. The lowest BCUT2D eigenvalue weighted by molar-refractivity contribution is -0.150. The SMILES string of the molecule is CC(CC(=O)OC1=CCCC1)C(=O)OC1=CCCC1. The molecule has 2 aliphatic carbocycles. The van der Waals surface area contributed by atoms with Crippen LogP contribution in [0.3, 0.4) is 0 Å². The molecule has 0 radical (unpaired) electrons. The Labute approximate surface area is 113 Å². The van der Waals surface area contributed by atoms with Gasteiger partial charge in [0.15, 0.2) is 0 Å². The zero-order valence-corrected chi connectivity index (χ0v) is 11.3. The van der Waals surface area contributed by atoms with Gasteiger partial charge in [-0.3, -0.25) is 9.59 Å². The smallest absolute Gasteiger partial charge is 0.314 e. The van der Waals surface area contributed by atoms with Crippen LogP contribution in [0.5, 0.6) is 0 Å². The van der Waals surface area contributed by atoms with Gasteiger partial charge >= 0.3 is 11.9 Å². The number of allylic oxidation sites excluding steroid dienone is 4. The Morgan fingerprint density at radius 3 is 2.21 bits per heavy atom. The van der Waals surface area contributed by atoms with Crippen molar-refractivity contribution in [2.45, 2.75) is 51.9 Å². The Morgan fingerprint density at radius 1 is 1.11 bits per heavy atom. The third kappa shape index (κ3) is 4.23. The van der Waals surface area contributed by atoms with Crippen LogP contribution in [0.1, 0.15) is 51.9 Å². The van der Waals surface area contributed by atoms with Gasteiger partial charge in [0, 0.05) is 12.8 Å². The van der Waals surface area contributed by atoms with E-state index in [1.165, 1.54) is 0 Å². The summed E-state index contributed by atoms with van der Waals surface area (Å²) < 4.78 is 10.4. The van der Waals surface area contributed by atoms with Gasteiger partial charge in [-0.05, 0) is 37.8 Å². The Hall–Kier alpha value is -1.58. The van der Waals surface area contributed by atoms with Gasteiger partial charge in [0.05, 0.1) is 12.3 Å². The predicted octanol–water partition coefficient (Wildman–Crippen LogP) is 3.23. The van der Waals surface area contributed by atoms with E-state index in [9.17, 15) is 9.59 Å². The molecule has 0 saturated heterocycles. The normalized spacial score (nSPS) is 19.6. The summed E-state index contributed by atoms with van der Waals surface area (Å²) in [5, 5.41) is 0. The summed E-state index contributed by atoms with van der Waals surface area (Å²) in [5.74, 6) is 0.326. The highest BCUT2D eigenvalue weighted by Crippen LogP contribution is 2.22. The van der Waals surface area contributed by atoms with Gasteiger partial charge in [-0.15, -0.1) is 0 Å². The van der Waals surface area contributed by atoms with Crippen LogP contribution in [0, 0.1) is 5.92 Å². The van der Waals surface area contributed by atoms with Crippen molar-refractivity contribution in [2.75, 3.05) is 0 Å². The minimum Gasteiger partial charge on any atom is -0.431 e. The summed E-state index contributed by atoms with van der Waals surface area (Å²) in [6.45, 7) is 1.70. The zero-order valence-electron chi connectivity index (χ0n) is 11.3. The number of carbonyl (C=O) groups is 2. The van der Waals surface area contributed by atoms with Gasteiger partial charge in [-0.2, -0.15) is 0 Å². The molecule has 0 N–H and O–H groups in total. The molecule has 0 aliphatic heterocycles. The van der Waals surface area contributed by atoms with Crippen LogP contribution < -0.4 is 0 Å². The molecule has 0 heterocycles. The monoisotopic (exact) mass is 264 g/mol. The highest BCUT2D eigenvalue weighted by atomic mass is 16.5. The standard InChI is InChI=1S/C15H20O4/c1-11(15(17)19-13-8-4-5-9-13)10-14(16)18-12-6-2-3-7-12/h6,8,11H,2-5,7,9-10H2,1H3. The lowest BCUT2D eigenvalue weighted by Crippen LogP contribution is -2.19. The molecule has 0 saturated carbocycles. The number of ether oxygens (including phenoxy) is 2. The molecule has 0 bridgehead atoms. The molecule has 2 aliphatic rings. The van der Waals surface area contributed by atoms with Crippen molar-refractivity contribution in [2.24, 2.45) is 5.92 Å². The topological polar surface area (TPSA) is 52.6 Å². The number of hydrogen-bond donors (Lipinski definition) is 0. The molecule has 0 fully saturated rings. The second-order valence-corrected chi connectivity index (χ2v) is 5.13. The van der Waals surface area contributed by atoms with Crippen LogP contribution in [-0.4, -0.2) is 11.9 Å². The van der Waals surface area contributed by atoms with Crippen LogP contribution >= 0.6 is 0 Å². The maximum atomic E-state index is 11.8. The van der Waals surface area contributed by atoms with E-state index in [4.69, 9.17) is 9.47 Å². The summed E-state index contributed by atoms with van der Waals surface area (Å²) >= 11 is 0. The van der Waals surface area contributed by atoms with E-state index in [1.807, 2.05) is 12.2 Å². The molecule has 1 unspecified atom stereocenters. The lowest BCUT2D eigenvalue weighted by atomic mass is 10.1. The third-order valence-corrected chi connectivity index (χ3v) is 3.35. The van der Waals surface area contributed by atoms with E-state index in [-0.39, 0.29) is 18.4 Å². The Bertz CT molecular complexity index is 420. The Balaban J connectivity index is 1.74. The molecule has 4 nitrogen and oxygen atoms in total. The number of hydrogen-bond acceptors (Lipinski definition) is 4. The summed E-state index contributed by atoms with van der Waals surface area (Å²) in [5.41, 5.74) is 0. The van der Waals surface area contributed by atoms with Crippen molar-refractivity contribution in [3.63, 3.8) is 0 Å². The molecule has 0 aromatic rings. The first-order chi connectivity index (χ1) is 9.15. The molecule has 0 aromatic heterocycles. The van der Waals surface area contributed by atoms with E-state index in [0.29, 0.717) is 0 Å². The zero-order chi connectivity index (χ0) is 13.7. The largest absolute Gasteiger partial charge is 0.431 e. The molecular formula is C15H20O4. The van der Waals surface area contributed by atoms with E-state index in [2.05, 4.69) is 0 Å². The minimum atomic E-state index is -0.462. The first kappa shape index (κ1) is 13.8. The third-order valence-electron chi connectivity index (χ3n) is 3.35. The average Bonchev–Trinajstić information content (AvgIpc) is 3.01. The quantitative estimate of drug-likeness (QED) is 0.715. The molecule has 104 valence electrons. The van der Waals surface area contributed by atoms with E-state index < -0.39 is 5.92 Å². The van der Waals surface area contributed by atoms with Gasteiger partial charge in [0.25, 0.3) is 0 Å². The van der Waals surface area contributed by atoms with E-state index in [1.54, 1.807) is 6.92 Å². The van der Waals surface area contributed by atoms with Crippen LogP contribution in [0.2, 0.25) is 0 Å². The first-order valence-corrected chi connectivity index (χ1v) is 6.95. The van der Waals surface area contributed by atoms with Crippen molar-refractivity contribution in [3.8, 4) is 0 Å². The van der Waals surface area contributed by atoms with E-state index in [0.717, 1.165) is 50.0 Å². The van der Waals surface area contributed by atoms with Crippen molar-refractivity contribution in [1.29, 1.82) is 0 Å². The highest BCUT2D eigenvalue weighted by molar-refractivity contribution is 5.80. The van der Waals surface area contributed by atoms with Gasteiger partial charge in [-0.1, -0.05) is 6.92 Å². The number of esters is 2. The second-order valence-electron chi connectivity index (χ2n) is 5.13. The Morgan fingerprint density at radius 2 is 1.68 bits per heavy atom. The average molecular weight is 264 g/mol.